The Morgan fingerprint density at radius 2 is 2.00 bits per heavy atom. The van der Waals surface area contributed by atoms with Gasteiger partial charge >= 0.3 is 0 Å². The van der Waals surface area contributed by atoms with E-state index in [0.717, 1.165) is 29.5 Å². The molecule has 1 atom stereocenters. The number of carbonyl (C=O) groups excluding carboxylic acids is 2. The van der Waals surface area contributed by atoms with Gasteiger partial charge in [-0.3, -0.25) is 9.59 Å². The molecule has 0 unspecified atom stereocenters. The van der Waals surface area contributed by atoms with Crippen molar-refractivity contribution in [3.63, 3.8) is 0 Å². The molecule has 4 rings (SSSR count). The van der Waals surface area contributed by atoms with Gasteiger partial charge in [-0.25, -0.2) is 9.37 Å². The number of rotatable bonds is 8. The normalized spacial score (nSPS) is 15.0. The van der Waals surface area contributed by atoms with Crippen molar-refractivity contribution in [2.24, 2.45) is 0 Å². The van der Waals surface area contributed by atoms with Crippen molar-refractivity contribution < 1.29 is 18.7 Å². The molecule has 34 heavy (non-hydrogen) atoms. The summed E-state index contributed by atoms with van der Waals surface area (Å²) >= 11 is 1.38. The number of thiazole rings is 1. The molecule has 1 aliphatic heterocycles. The molecule has 0 bridgehead atoms. The molecule has 2 amide bonds. The number of benzene rings is 2. The van der Waals surface area contributed by atoms with Crippen LogP contribution in [0.4, 0.5) is 4.39 Å². The van der Waals surface area contributed by atoms with Gasteiger partial charge in [0.1, 0.15) is 28.9 Å². The average molecular weight is 482 g/mol. The van der Waals surface area contributed by atoms with Crippen LogP contribution in [0.15, 0.2) is 47.8 Å². The summed E-state index contributed by atoms with van der Waals surface area (Å²) in [4.78, 5) is 31.1. The highest BCUT2D eigenvalue weighted by molar-refractivity contribution is 7.09. The van der Waals surface area contributed by atoms with E-state index < -0.39 is 0 Å². The molecule has 0 saturated heterocycles. The van der Waals surface area contributed by atoms with E-state index in [4.69, 9.17) is 4.74 Å². The van der Waals surface area contributed by atoms with Crippen LogP contribution in [0, 0.1) is 5.82 Å². The predicted molar refractivity (Wildman–Crippen MR) is 129 cm³/mol. The number of halogens is 1. The standard InChI is InChI=1S/C26H28FN3O3S/c1-3-12-28-26(32)22-16-34-23(29-22)15-33-20-10-7-17-11-13-30(24(31)4-2)25(21(17)14-20)18-5-8-19(27)9-6-18/h5-10,14,16,25H,3-4,11-13,15H2,1-2H3,(H,28,32)/t25-/m0/s1. The Morgan fingerprint density at radius 3 is 2.74 bits per heavy atom. The lowest BCUT2D eigenvalue weighted by Crippen LogP contribution is -2.40. The molecule has 0 aliphatic carbocycles. The van der Waals surface area contributed by atoms with Crippen molar-refractivity contribution in [1.82, 2.24) is 15.2 Å². The molecule has 2 aromatic carbocycles. The molecule has 0 fully saturated rings. The lowest BCUT2D eigenvalue weighted by Gasteiger charge is -2.38. The largest absolute Gasteiger partial charge is 0.486 e. The number of nitrogens with one attached hydrogen (secondary N) is 1. The summed E-state index contributed by atoms with van der Waals surface area (Å²) in [6, 6.07) is 11.9. The van der Waals surface area contributed by atoms with Crippen molar-refractivity contribution >= 4 is 23.2 Å². The van der Waals surface area contributed by atoms with Crippen molar-refractivity contribution in [2.75, 3.05) is 13.1 Å². The van der Waals surface area contributed by atoms with Crippen molar-refractivity contribution in [2.45, 2.75) is 45.8 Å². The lowest BCUT2D eigenvalue weighted by molar-refractivity contribution is -0.132. The third-order valence-corrected chi connectivity index (χ3v) is 6.66. The van der Waals surface area contributed by atoms with E-state index in [-0.39, 0.29) is 30.3 Å². The Balaban J connectivity index is 1.56. The van der Waals surface area contributed by atoms with Crippen molar-refractivity contribution in [3.8, 4) is 5.75 Å². The van der Waals surface area contributed by atoms with Crippen LogP contribution in [0.25, 0.3) is 0 Å². The van der Waals surface area contributed by atoms with E-state index in [1.54, 1.807) is 17.5 Å². The quantitative estimate of drug-likeness (QED) is 0.498. The third kappa shape index (κ3) is 5.28. The van der Waals surface area contributed by atoms with Crippen molar-refractivity contribution in [1.29, 1.82) is 0 Å². The summed E-state index contributed by atoms with van der Waals surface area (Å²) in [7, 11) is 0. The maximum atomic E-state index is 13.6. The minimum Gasteiger partial charge on any atom is -0.486 e. The van der Waals surface area contributed by atoms with Gasteiger partial charge in [0, 0.05) is 24.9 Å². The molecule has 0 saturated carbocycles. The first-order valence-electron chi connectivity index (χ1n) is 11.5. The minimum absolute atomic E-state index is 0.0583. The average Bonchev–Trinajstić information content (AvgIpc) is 3.34. The van der Waals surface area contributed by atoms with Crippen LogP contribution < -0.4 is 10.1 Å². The van der Waals surface area contributed by atoms with Gasteiger partial charge in [-0.05, 0) is 53.8 Å². The summed E-state index contributed by atoms with van der Waals surface area (Å²) in [5.41, 5.74) is 3.39. The maximum Gasteiger partial charge on any atom is 0.270 e. The highest BCUT2D eigenvalue weighted by Gasteiger charge is 2.31. The van der Waals surface area contributed by atoms with Gasteiger partial charge in [-0.2, -0.15) is 0 Å². The number of fused-ring (bicyclic) bond motifs is 1. The minimum atomic E-state index is -0.309. The molecule has 1 N–H and O–H groups in total. The smallest absolute Gasteiger partial charge is 0.270 e. The Bertz CT molecular complexity index is 1160. The third-order valence-electron chi connectivity index (χ3n) is 5.84. The molecule has 8 heteroatoms. The number of ether oxygens (including phenoxy) is 1. The van der Waals surface area contributed by atoms with Gasteiger partial charge in [0.25, 0.3) is 5.91 Å². The van der Waals surface area contributed by atoms with Crippen LogP contribution in [0.5, 0.6) is 5.75 Å². The van der Waals surface area contributed by atoms with Gasteiger partial charge in [-0.1, -0.05) is 32.0 Å². The van der Waals surface area contributed by atoms with Crippen LogP contribution in [-0.2, 0) is 17.8 Å². The number of hydrogen-bond donors (Lipinski definition) is 1. The topological polar surface area (TPSA) is 71.5 Å². The number of aromatic nitrogens is 1. The van der Waals surface area contributed by atoms with E-state index >= 15 is 0 Å². The van der Waals surface area contributed by atoms with Crippen LogP contribution in [0.1, 0.15) is 64.9 Å². The molecular formula is C26H28FN3O3S. The molecule has 3 aromatic rings. The van der Waals surface area contributed by atoms with Crippen LogP contribution in [0.3, 0.4) is 0 Å². The zero-order valence-corrected chi connectivity index (χ0v) is 20.2. The Morgan fingerprint density at radius 1 is 1.21 bits per heavy atom. The van der Waals surface area contributed by atoms with Crippen molar-refractivity contribution in [3.05, 3.63) is 81.1 Å². The van der Waals surface area contributed by atoms with Gasteiger partial charge < -0.3 is 15.0 Å². The van der Waals surface area contributed by atoms with Gasteiger partial charge in [0.15, 0.2) is 0 Å². The summed E-state index contributed by atoms with van der Waals surface area (Å²) in [6.07, 6.45) is 2.02. The molecule has 0 radical (unpaired) electrons. The highest BCUT2D eigenvalue weighted by atomic mass is 32.1. The fourth-order valence-electron chi connectivity index (χ4n) is 4.11. The summed E-state index contributed by atoms with van der Waals surface area (Å²) in [6.45, 7) is 5.32. The summed E-state index contributed by atoms with van der Waals surface area (Å²) < 4.78 is 19.6. The zero-order chi connectivity index (χ0) is 24.1. The van der Waals surface area contributed by atoms with E-state index in [9.17, 15) is 14.0 Å². The molecule has 0 spiro atoms. The fourth-order valence-corrected chi connectivity index (χ4v) is 4.80. The van der Waals surface area contributed by atoms with Gasteiger partial charge in [0.05, 0.1) is 6.04 Å². The first kappa shape index (κ1) is 23.9. The monoisotopic (exact) mass is 481 g/mol. The Hall–Kier alpha value is -3.26. The number of amides is 2. The summed E-state index contributed by atoms with van der Waals surface area (Å²) in [5.74, 6) is 0.226. The predicted octanol–water partition coefficient (Wildman–Crippen LogP) is 4.89. The van der Waals surface area contributed by atoms with E-state index in [1.807, 2.05) is 36.9 Å². The first-order chi connectivity index (χ1) is 16.5. The summed E-state index contributed by atoms with van der Waals surface area (Å²) in [5, 5.41) is 5.26. The second-order valence-electron chi connectivity index (χ2n) is 8.18. The number of hydrogen-bond acceptors (Lipinski definition) is 5. The van der Waals surface area contributed by atoms with Gasteiger partial charge in [0.2, 0.25) is 5.91 Å². The Kier molecular flexibility index (Phi) is 7.57. The maximum absolute atomic E-state index is 13.6. The number of carbonyl (C=O) groups is 2. The molecular weight excluding hydrogens is 453 g/mol. The van der Waals surface area contributed by atoms with E-state index in [1.165, 1.54) is 23.5 Å². The van der Waals surface area contributed by atoms with E-state index in [2.05, 4.69) is 10.3 Å². The van der Waals surface area contributed by atoms with Crippen LogP contribution in [0.2, 0.25) is 0 Å². The number of nitrogens with zero attached hydrogens (tertiary/aromatic N) is 2. The molecule has 1 aromatic heterocycles. The highest BCUT2D eigenvalue weighted by Crippen LogP contribution is 2.37. The van der Waals surface area contributed by atoms with Crippen LogP contribution in [-0.4, -0.2) is 34.8 Å². The molecule has 1 aliphatic rings. The molecule has 6 nitrogen and oxygen atoms in total. The SMILES string of the molecule is CCCNC(=O)c1csc(COc2ccc3c(c2)[C@H](c2ccc(F)cc2)N(C(=O)CC)CC3)n1. The fraction of sp³-hybridized carbons (Fsp3) is 0.346. The lowest BCUT2D eigenvalue weighted by atomic mass is 9.87. The zero-order valence-electron chi connectivity index (χ0n) is 19.3. The molecule has 2 heterocycles. The second-order valence-corrected chi connectivity index (χ2v) is 9.12. The second kappa shape index (κ2) is 10.8. The van der Waals surface area contributed by atoms with Gasteiger partial charge in [-0.15, -0.1) is 11.3 Å². The van der Waals surface area contributed by atoms with Crippen LogP contribution >= 0.6 is 11.3 Å². The Labute approximate surface area is 202 Å². The molecule has 178 valence electrons. The first-order valence-corrected chi connectivity index (χ1v) is 12.4. The van der Waals surface area contributed by atoms with E-state index in [0.29, 0.717) is 36.0 Å².